The highest BCUT2D eigenvalue weighted by Crippen LogP contribution is 2.66. The fourth-order valence-corrected chi connectivity index (χ4v) is 23.2. The number of phenols is 3. The summed E-state index contributed by atoms with van der Waals surface area (Å²) in [4.78, 5) is 12.4. The lowest BCUT2D eigenvalue weighted by atomic mass is 9.59. The number of aromatic hydroxyl groups is 3. The van der Waals surface area contributed by atoms with Crippen molar-refractivity contribution in [1.29, 1.82) is 0 Å². The zero-order chi connectivity index (χ0) is 48.5. The van der Waals surface area contributed by atoms with Gasteiger partial charge in [-0.3, -0.25) is 4.79 Å². The number of benzene rings is 3. The van der Waals surface area contributed by atoms with E-state index in [1.165, 1.54) is 135 Å². The van der Waals surface area contributed by atoms with Gasteiger partial charge >= 0.3 is 0 Å². The molecule has 11 rings (SSSR count). The molecule has 0 bridgehead atoms. The van der Waals surface area contributed by atoms with E-state index in [-0.39, 0.29) is 5.92 Å². The summed E-state index contributed by atoms with van der Waals surface area (Å²) in [5.74, 6) is 15.4. The Balaban J connectivity index is 0.000000129. The summed E-state index contributed by atoms with van der Waals surface area (Å²) in [6.45, 7) is 14.2. The van der Waals surface area contributed by atoms with E-state index < -0.39 is 0 Å². The highest BCUT2D eigenvalue weighted by molar-refractivity contribution is 8.21. The molecule has 378 valence electrons. The molecule has 12 atom stereocenters. The van der Waals surface area contributed by atoms with Crippen molar-refractivity contribution in [3.05, 3.63) is 88.0 Å². The summed E-state index contributed by atoms with van der Waals surface area (Å²) >= 11 is 9.03. The van der Waals surface area contributed by atoms with Crippen molar-refractivity contribution in [3.63, 3.8) is 0 Å². The molecule has 2 aliphatic heterocycles. The lowest BCUT2D eigenvalue weighted by molar-refractivity contribution is -0.129. The first-order valence-corrected chi connectivity index (χ1v) is 31.9. The van der Waals surface area contributed by atoms with Gasteiger partial charge in [-0.25, -0.2) is 0 Å². The standard InChI is InChI=1S/2C21H30OS2.C19H26O2/c2*1-3-4-5-17-14(2)21(23-10-11-24-21)13-20-18-9-7-16(22)12-15(18)6-8-19(17)20;1-3-4-5-15-12(2)19(21)11-18-16-9-7-14(20)10-13(16)6-8-17(15)18/h2*7,9,12,14,17,19-20,22H,3-6,8,10-11,13H2,1-2H3;7,9-10,12,15,17-18,20H,3-6,8,11H2,1-2H3/t14-,17+,19+,20-;14-,17-,19-,20+;12?,15-,17-,18+/m100/s1. The van der Waals surface area contributed by atoms with Crippen LogP contribution in [0.15, 0.2) is 54.6 Å². The third-order valence-electron chi connectivity index (χ3n) is 19.5. The monoisotopic (exact) mass is 1010 g/mol. The van der Waals surface area contributed by atoms with E-state index in [4.69, 9.17) is 0 Å². The largest absolute Gasteiger partial charge is 0.508 e. The van der Waals surface area contributed by atoms with Gasteiger partial charge in [0.1, 0.15) is 23.0 Å². The molecular formula is C61H86O4S4. The van der Waals surface area contributed by atoms with Crippen LogP contribution in [0.2, 0.25) is 0 Å². The molecule has 3 aromatic carbocycles. The van der Waals surface area contributed by atoms with Gasteiger partial charge in [-0.05, 0) is 206 Å². The third kappa shape index (κ3) is 10.6. The van der Waals surface area contributed by atoms with Gasteiger partial charge in [-0.2, -0.15) is 0 Å². The van der Waals surface area contributed by atoms with Crippen molar-refractivity contribution >= 4 is 52.8 Å². The number of hydrogen-bond acceptors (Lipinski definition) is 8. The first-order chi connectivity index (χ1) is 33.4. The smallest absolute Gasteiger partial charge is 0.136 e. The van der Waals surface area contributed by atoms with Crippen molar-refractivity contribution in [1.82, 2.24) is 0 Å². The van der Waals surface area contributed by atoms with Crippen molar-refractivity contribution < 1.29 is 20.1 Å². The van der Waals surface area contributed by atoms with Gasteiger partial charge in [-0.15, -0.1) is 47.0 Å². The predicted octanol–water partition coefficient (Wildman–Crippen LogP) is 16.6. The molecule has 0 amide bonds. The maximum absolute atomic E-state index is 12.4. The average molecular weight is 1010 g/mol. The molecule has 3 aromatic rings. The van der Waals surface area contributed by atoms with E-state index in [0.717, 1.165) is 54.8 Å². The van der Waals surface area contributed by atoms with Crippen LogP contribution in [0.4, 0.5) is 0 Å². The van der Waals surface area contributed by atoms with Crippen molar-refractivity contribution in [2.75, 3.05) is 23.0 Å². The van der Waals surface area contributed by atoms with Gasteiger partial charge in [0, 0.05) is 35.4 Å². The average Bonchev–Trinajstić information content (AvgIpc) is 4.03. The number of rotatable bonds is 9. The molecule has 2 spiro atoms. The number of aryl methyl sites for hydroxylation is 3. The fraction of sp³-hybridized carbons (Fsp3) is 0.689. The fourth-order valence-electron chi connectivity index (χ4n) is 15.9. The quantitative estimate of drug-likeness (QED) is 0.196. The lowest BCUT2D eigenvalue weighted by Gasteiger charge is -2.53. The Hall–Kier alpha value is -1.87. The maximum atomic E-state index is 12.4. The predicted molar refractivity (Wildman–Crippen MR) is 299 cm³/mol. The molecule has 69 heavy (non-hydrogen) atoms. The Bertz CT molecular complexity index is 2110. The molecule has 8 aliphatic rings. The van der Waals surface area contributed by atoms with E-state index >= 15 is 0 Å². The minimum absolute atomic E-state index is 0.233. The van der Waals surface area contributed by atoms with Crippen LogP contribution in [0.25, 0.3) is 0 Å². The molecule has 0 aromatic heterocycles. The summed E-state index contributed by atoms with van der Waals surface area (Å²) in [5, 5.41) is 29.5. The van der Waals surface area contributed by atoms with Gasteiger partial charge in [0.2, 0.25) is 0 Å². The van der Waals surface area contributed by atoms with Crippen LogP contribution >= 0.6 is 47.0 Å². The SMILES string of the molecule is CCCC[C@@H]1[C@@H]2CCc3cc(O)ccc3[C@H]2CC2(SCCS2)[C@@H]1C.CCCC[C@@H]1[C@@H]2CCc3cc(O)ccc3[C@H]2CC2(SCCS2)[C@H]1C.CCCC[C@H]1C(C)C(=O)C[C@@H]2c3ccc(O)cc3CC[C@H]21. The Morgan fingerprint density at radius 3 is 1.23 bits per heavy atom. The Labute approximate surface area is 434 Å². The summed E-state index contributed by atoms with van der Waals surface area (Å²) < 4.78 is 0.901. The van der Waals surface area contributed by atoms with Crippen LogP contribution in [0.5, 0.6) is 17.2 Å². The number of carbonyl (C=O) groups excluding carboxylic acids is 1. The van der Waals surface area contributed by atoms with Crippen molar-refractivity contribution in [2.45, 2.75) is 183 Å². The van der Waals surface area contributed by atoms with Gasteiger partial charge in [-0.1, -0.05) is 98.3 Å². The zero-order valence-electron chi connectivity index (χ0n) is 43.1. The molecular weight excluding hydrogens is 925 g/mol. The van der Waals surface area contributed by atoms with Crippen molar-refractivity contribution in [3.8, 4) is 17.2 Å². The van der Waals surface area contributed by atoms with Crippen LogP contribution in [-0.2, 0) is 24.1 Å². The molecule has 4 nitrogen and oxygen atoms in total. The van der Waals surface area contributed by atoms with Gasteiger partial charge in [0.25, 0.3) is 0 Å². The highest BCUT2D eigenvalue weighted by Gasteiger charge is 2.56. The number of phenolic OH excluding ortho intramolecular Hbond substituents is 3. The molecule has 0 radical (unpaired) electrons. The Morgan fingerprint density at radius 1 is 0.507 bits per heavy atom. The maximum Gasteiger partial charge on any atom is 0.136 e. The molecule has 6 aliphatic carbocycles. The molecule has 2 heterocycles. The van der Waals surface area contributed by atoms with Crippen LogP contribution in [0, 0.1) is 53.3 Å². The minimum Gasteiger partial charge on any atom is -0.508 e. The third-order valence-corrected chi connectivity index (χ3v) is 27.2. The van der Waals surface area contributed by atoms with Gasteiger partial charge in [0.05, 0.1) is 8.16 Å². The number of Topliss-reactive ketones (excluding diaryl/α,β-unsaturated/α-hetero) is 1. The molecule has 3 N–H and O–H groups in total. The summed E-state index contributed by atoms with van der Waals surface area (Å²) in [5.41, 5.74) is 8.54. The van der Waals surface area contributed by atoms with Crippen LogP contribution < -0.4 is 0 Å². The van der Waals surface area contributed by atoms with E-state index in [1.807, 2.05) is 30.3 Å². The topological polar surface area (TPSA) is 77.8 Å². The van der Waals surface area contributed by atoms with Crippen LogP contribution in [0.3, 0.4) is 0 Å². The van der Waals surface area contributed by atoms with Gasteiger partial charge in [0.15, 0.2) is 0 Å². The second-order valence-corrected chi connectivity index (χ2v) is 29.2. The van der Waals surface area contributed by atoms with Crippen molar-refractivity contribution in [2.24, 2.45) is 53.3 Å². The lowest BCUT2D eigenvalue weighted by Crippen LogP contribution is -2.46. The molecule has 3 saturated carbocycles. The van der Waals surface area contributed by atoms with E-state index in [0.29, 0.717) is 67.2 Å². The number of unbranched alkanes of at least 4 members (excludes halogenated alkanes) is 3. The highest BCUT2D eigenvalue weighted by atomic mass is 32.2. The number of thioether (sulfide) groups is 4. The summed E-state index contributed by atoms with van der Waals surface area (Å²) in [7, 11) is 0. The first-order valence-electron chi connectivity index (χ1n) is 27.9. The van der Waals surface area contributed by atoms with Crippen LogP contribution in [-0.4, -0.2) is 52.3 Å². The minimum atomic E-state index is 0.233. The number of carbonyl (C=O) groups is 1. The second-order valence-electron chi connectivity index (χ2n) is 23.0. The van der Waals surface area contributed by atoms with E-state index in [2.05, 4.69) is 107 Å². The number of fused-ring (bicyclic) bond motifs is 9. The Morgan fingerprint density at radius 2 is 0.855 bits per heavy atom. The first kappa shape index (κ1) is 52.0. The zero-order valence-corrected chi connectivity index (χ0v) is 46.3. The van der Waals surface area contributed by atoms with Gasteiger partial charge < -0.3 is 15.3 Å². The molecule has 2 saturated heterocycles. The molecule has 5 fully saturated rings. The molecule has 1 unspecified atom stereocenters. The normalized spacial score (nSPS) is 33.3. The van der Waals surface area contributed by atoms with Crippen LogP contribution in [0.1, 0.15) is 189 Å². The number of ketones is 1. The Kier molecular flexibility index (Phi) is 17.1. The van der Waals surface area contributed by atoms with E-state index in [1.54, 1.807) is 17.2 Å². The summed E-state index contributed by atoms with van der Waals surface area (Å²) in [6.07, 6.45) is 22.4. The summed E-state index contributed by atoms with van der Waals surface area (Å²) in [6, 6.07) is 18.1. The number of hydrogen-bond donors (Lipinski definition) is 3. The second kappa shape index (κ2) is 22.7. The van der Waals surface area contributed by atoms with E-state index in [9.17, 15) is 20.1 Å². The molecule has 8 heteroatoms.